The number of aromatic hydroxyl groups is 1. The van der Waals surface area contributed by atoms with E-state index < -0.39 is 23.5 Å². The van der Waals surface area contributed by atoms with Crippen LogP contribution in [0, 0.1) is 12.7 Å². The standard InChI is InChI=1S/C27H23FN2O5/c1-3-35-27(34)26(33)29-22-10-4-16(2)24-20(22)12-13-30(24)15-17-5-11-23(31)21(14-17)25(32)18-6-8-19(28)9-7-18/h4-14,31H,3,15H2,1-2H3,(H,29,33). The fraction of sp³-hybridized carbons (Fsp3) is 0.148. The van der Waals surface area contributed by atoms with Crippen LogP contribution in [0.3, 0.4) is 0 Å². The molecule has 1 amide bonds. The van der Waals surface area contributed by atoms with E-state index in [0.717, 1.165) is 22.0 Å². The lowest BCUT2D eigenvalue weighted by atomic mass is 10.00. The van der Waals surface area contributed by atoms with Gasteiger partial charge in [0.05, 0.1) is 23.4 Å². The summed E-state index contributed by atoms with van der Waals surface area (Å²) in [6.07, 6.45) is 1.84. The molecule has 8 heteroatoms. The second-order valence-corrected chi connectivity index (χ2v) is 8.00. The van der Waals surface area contributed by atoms with Crippen molar-refractivity contribution in [3.63, 3.8) is 0 Å². The van der Waals surface area contributed by atoms with Crippen molar-refractivity contribution in [2.24, 2.45) is 0 Å². The number of aryl methyl sites for hydroxylation is 1. The molecular formula is C27H23FN2O5. The van der Waals surface area contributed by atoms with Gasteiger partial charge >= 0.3 is 11.9 Å². The van der Waals surface area contributed by atoms with Crippen molar-refractivity contribution < 1.29 is 28.6 Å². The van der Waals surface area contributed by atoms with Gasteiger partial charge in [-0.25, -0.2) is 9.18 Å². The SMILES string of the molecule is CCOC(=O)C(=O)Nc1ccc(C)c2c1ccn2Cc1ccc(O)c(C(=O)c2ccc(F)cc2)c1. The highest BCUT2D eigenvalue weighted by atomic mass is 19.1. The summed E-state index contributed by atoms with van der Waals surface area (Å²) in [4.78, 5) is 36.7. The summed E-state index contributed by atoms with van der Waals surface area (Å²) in [6, 6.07) is 15.3. The van der Waals surface area contributed by atoms with Gasteiger partial charge in [-0.3, -0.25) is 9.59 Å². The zero-order valence-corrected chi connectivity index (χ0v) is 19.2. The van der Waals surface area contributed by atoms with E-state index in [1.54, 1.807) is 25.1 Å². The molecule has 35 heavy (non-hydrogen) atoms. The highest BCUT2D eigenvalue weighted by Crippen LogP contribution is 2.29. The van der Waals surface area contributed by atoms with Crippen molar-refractivity contribution in [1.29, 1.82) is 0 Å². The Bertz CT molecular complexity index is 1440. The van der Waals surface area contributed by atoms with E-state index in [1.165, 1.54) is 30.3 Å². The van der Waals surface area contributed by atoms with Crippen molar-refractivity contribution in [3.05, 3.63) is 94.9 Å². The topological polar surface area (TPSA) is 97.6 Å². The number of carbonyl (C=O) groups is 3. The van der Waals surface area contributed by atoms with Crippen LogP contribution < -0.4 is 5.32 Å². The fourth-order valence-corrected chi connectivity index (χ4v) is 3.93. The Morgan fingerprint density at radius 3 is 2.49 bits per heavy atom. The quantitative estimate of drug-likeness (QED) is 0.242. The first-order valence-electron chi connectivity index (χ1n) is 11.0. The van der Waals surface area contributed by atoms with Crippen LogP contribution in [0.25, 0.3) is 10.9 Å². The van der Waals surface area contributed by atoms with E-state index >= 15 is 0 Å². The summed E-state index contributed by atoms with van der Waals surface area (Å²) in [5.41, 5.74) is 3.39. The molecule has 4 aromatic rings. The van der Waals surface area contributed by atoms with Crippen molar-refractivity contribution in [3.8, 4) is 5.75 Å². The molecule has 1 aromatic heterocycles. The number of phenolic OH excluding ortho intramolecular Hbond substituents is 1. The number of ketones is 1. The number of ether oxygens (including phenoxy) is 1. The second-order valence-electron chi connectivity index (χ2n) is 8.00. The number of amides is 1. The average molecular weight is 474 g/mol. The molecule has 0 aliphatic carbocycles. The van der Waals surface area contributed by atoms with Crippen molar-refractivity contribution in [1.82, 2.24) is 4.57 Å². The van der Waals surface area contributed by atoms with Gasteiger partial charge in [0.15, 0.2) is 5.78 Å². The molecule has 0 fully saturated rings. The number of anilines is 1. The molecule has 0 bridgehead atoms. The third kappa shape index (κ3) is 4.91. The Balaban J connectivity index is 1.64. The van der Waals surface area contributed by atoms with Crippen LogP contribution >= 0.6 is 0 Å². The molecule has 178 valence electrons. The van der Waals surface area contributed by atoms with E-state index in [2.05, 4.69) is 5.32 Å². The first-order valence-corrected chi connectivity index (χ1v) is 11.0. The molecule has 0 saturated carbocycles. The van der Waals surface area contributed by atoms with Gasteiger partial charge in [0.25, 0.3) is 0 Å². The van der Waals surface area contributed by atoms with E-state index in [1.807, 2.05) is 29.8 Å². The lowest BCUT2D eigenvalue weighted by Crippen LogP contribution is -2.25. The van der Waals surface area contributed by atoms with Gasteiger partial charge in [0, 0.05) is 23.7 Å². The van der Waals surface area contributed by atoms with E-state index in [0.29, 0.717) is 12.2 Å². The van der Waals surface area contributed by atoms with Crippen LogP contribution in [-0.2, 0) is 20.9 Å². The minimum atomic E-state index is -0.955. The van der Waals surface area contributed by atoms with Gasteiger partial charge in [0.2, 0.25) is 0 Å². The summed E-state index contributed by atoms with van der Waals surface area (Å²) in [5, 5.41) is 13.6. The van der Waals surface area contributed by atoms with Gasteiger partial charge in [-0.2, -0.15) is 0 Å². The van der Waals surface area contributed by atoms with Gasteiger partial charge < -0.3 is 19.7 Å². The zero-order valence-electron chi connectivity index (χ0n) is 19.2. The van der Waals surface area contributed by atoms with Crippen LogP contribution in [0.1, 0.15) is 34.0 Å². The minimum Gasteiger partial charge on any atom is -0.507 e. The van der Waals surface area contributed by atoms with Crippen molar-refractivity contribution in [2.75, 3.05) is 11.9 Å². The number of halogens is 1. The summed E-state index contributed by atoms with van der Waals surface area (Å²) >= 11 is 0. The molecule has 0 spiro atoms. The van der Waals surface area contributed by atoms with Crippen LogP contribution in [0.2, 0.25) is 0 Å². The number of hydrogen-bond donors (Lipinski definition) is 2. The van der Waals surface area contributed by atoms with Gasteiger partial charge in [-0.05, 0) is 73.5 Å². The van der Waals surface area contributed by atoms with Crippen molar-refractivity contribution in [2.45, 2.75) is 20.4 Å². The lowest BCUT2D eigenvalue weighted by Gasteiger charge is -2.12. The molecule has 0 saturated heterocycles. The molecule has 1 heterocycles. The predicted molar refractivity (Wildman–Crippen MR) is 129 cm³/mol. The van der Waals surface area contributed by atoms with Crippen LogP contribution in [0.5, 0.6) is 5.75 Å². The summed E-state index contributed by atoms with van der Waals surface area (Å²) in [6.45, 7) is 4.03. The van der Waals surface area contributed by atoms with E-state index in [-0.39, 0.29) is 23.5 Å². The molecule has 0 atom stereocenters. The third-order valence-electron chi connectivity index (χ3n) is 5.60. The number of esters is 1. The zero-order chi connectivity index (χ0) is 25.1. The predicted octanol–water partition coefficient (Wildman–Crippen LogP) is 4.58. The monoisotopic (exact) mass is 474 g/mol. The van der Waals surface area contributed by atoms with E-state index in [4.69, 9.17) is 4.74 Å². The third-order valence-corrected chi connectivity index (χ3v) is 5.60. The number of nitrogens with zero attached hydrogens (tertiary/aromatic N) is 1. The number of nitrogens with one attached hydrogen (secondary N) is 1. The number of rotatable bonds is 6. The van der Waals surface area contributed by atoms with Crippen molar-refractivity contribution >= 4 is 34.3 Å². The molecule has 0 radical (unpaired) electrons. The molecule has 4 rings (SSSR count). The van der Waals surface area contributed by atoms with Crippen LogP contribution in [-0.4, -0.2) is 33.9 Å². The normalized spacial score (nSPS) is 10.8. The van der Waals surface area contributed by atoms with Gasteiger partial charge in [-0.1, -0.05) is 12.1 Å². The van der Waals surface area contributed by atoms with Gasteiger partial charge in [0.1, 0.15) is 11.6 Å². The molecule has 0 aliphatic rings. The molecule has 3 aromatic carbocycles. The number of aromatic nitrogens is 1. The van der Waals surface area contributed by atoms with Crippen LogP contribution in [0.15, 0.2) is 66.9 Å². The van der Waals surface area contributed by atoms with E-state index in [9.17, 15) is 23.9 Å². The fourth-order valence-electron chi connectivity index (χ4n) is 3.93. The highest BCUT2D eigenvalue weighted by molar-refractivity contribution is 6.38. The summed E-state index contributed by atoms with van der Waals surface area (Å²) in [5.74, 6) is -2.84. The summed E-state index contributed by atoms with van der Waals surface area (Å²) in [7, 11) is 0. The first kappa shape index (κ1) is 23.7. The number of benzene rings is 3. The smallest absolute Gasteiger partial charge is 0.397 e. The number of phenols is 1. The Kier molecular flexibility index (Phi) is 6.64. The lowest BCUT2D eigenvalue weighted by molar-refractivity contribution is -0.152. The molecule has 2 N–H and O–H groups in total. The Morgan fingerprint density at radius 2 is 1.77 bits per heavy atom. The van der Waals surface area contributed by atoms with Crippen LogP contribution in [0.4, 0.5) is 10.1 Å². The second kappa shape index (κ2) is 9.80. The Hall–Kier alpha value is -4.46. The molecule has 0 aliphatic heterocycles. The number of fused-ring (bicyclic) bond motifs is 1. The van der Waals surface area contributed by atoms with Gasteiger partial charge in [-0.15, -0.1) is 0 Å². The maximum atomic E-state index is 13.2. The minimum absolute atomic E-state index is 0.101. The molecule has 7 nitrogen and oxygen atoms in total. The maximum Gasteiger partial charge on any atom is 0.397 e. The Labute approximate surface area is 200 Å². The first-order chi connectivity index (χ1) is 16.8. The highest BCUT2D eigenvalue weighted by Gasteiger charge is 2.18. The Morgan fingerprint density at radius 1 is 1.03 bits per heavy atom. The maximum absolute atomic E-state index is 13.2. The largest absolute Gasteiger partial charge is 0.507 e. The molecule has 0 unspecified atom stereocenters. The average Bonchev–Trinajstić information content (AvgIpc) is 3.27. The molecular weight excluding hydrogens is 451 g/mol. The number of carbonyl (C=O) groups excluding carboxylic acids is 3. The summed E-state index contributed by atoms with van der Waals surface area (Å²) < 4.78 is 19.9. The number of hydrogen-bond acceptors (Lipinski definition) is 5.